The van der Waals surface area contributed by atoms with Crippen LogP contribution in [-0.2, 0) is 6.54 Å². The predicted octanol–water partition coefficient (Wildman–Crippen LogP) is 6.02. The average molecular weight is 357 g/mol. The van der Waals surface area contributed by atoms with Crippen molar-refractivity contribution in [3.05, 3.63) is 63.2 Å². The summed E-state index contributed by atoms with van der Waals surface area (Å²) in [5.41, 5.74) is 3.94. The third-order valence-corrected chi connectivity index (χ3v) is 6.10. The number of hydrogen-bond donors (Lipinski definition) is 1. The molecule has 0 aliphatic heterocycles. The normalized spacial score (nSPS) is 12.5. The fourth-order valence-electron chi connectivity index (χ4n) is 2.81. The SMILES string of the molecule is Cc1cc(NC(C)c2ccc(-c3ccccc3CN(C)C)s2)cs1. The molecule has 1 aromatic carbocycles. The molecule has 3 aromatic rings. The summed E-state index contributed by atoms with van der Waals surface area (Å²) in [6.45, 7) is 5.34. The zero-order chi connectivity index (χ0) is 17.1. The van der Waals surface area contributed by atoms with E-state index in [0.29, 0.717) is 6.04 Å². The number of benzene rings is 1. The molecule has 0 bridgehead atoms. The van der Waals surface area contributed by atoms with Crippen LogP contribution in [0.1, 0.15) is 28.3 Å². The molecule has 0 aliphatic carbocycles. The Morgan fingerprint density at radius 2 is 1.92 bits per heavy atom. The lowest BCUT2D eigenvalue weighted by Gasteiger charge is -2.14. The van der Waals surface area contributed by atoms with Crippen LogP contribution < -0.4 is 5.32 Å². The van der Waals surface area contributed by atoms with E-state index in [2.05, 4.69) is 86.0 Å². The molecular weight excluding hydrogens is 332 g/mol. The highest BCUT2D eigenvalue weighted by Crippen LogP contribution is 2.35. The van der Waals surface area contributed by atoms with Crippen LogP contribution in [0.25, 0.3) is 10.4 Å². The maximum Gasteiger partial charge on any atom is 0.0578 e. The topological polar surface area (TPSA) is 15.3 Å². The molecule has 0 radical (unpaired) electrons. The summed E-state index contributed by atoms with van der Waals surface area (Å²) >= 11 is 3.67. The molecule has 0 saturated carbocycles. The summed E-state index contributed by atoms with van der Waals surface area (Å²) in [4.78, 5) is 6.27. The van der Waals surface area contributed by atoms with Gasteiger partial charge in [-0.1, -0.05) is 24.3 Å². The molecule has 2 heterocycles. The van der Waals surface area contributed by atoms with Crippen LogP contribution in [0.3, 0.4) is 0 Å². The van der Waals surface area contributed by atoms with E-state index in [-0.39, 0.29) is 0 Å². The van der Waals surface area contributed by atoms with Gasteiger partial charge in [-0.15, -0.1) is 22.7 Å². The molecule has 4 heteroatoms. The standard InChI is InChI=1S/C20H24N2S2/c1-14-11-17(13-23-14)21-15(2)19-9-10-20(24-19)18-8-6-5-7-16(18)12-22(3)4/h5-11,13,15,21H,12H2,1-4H3. The molecule has 0 amide bonds. The second kappa shape index (κ2) is 7.51. The molecule has 0 saturated heterocycles. The zero-order valence-corrected chi connectivity index (χ0v) is 16.3. The summed E-state index contributed by atoms with van der Waals surface area (Å²) in [5.74, 6) is 0. The first-order chi connectivity index (χ1) is 11.5. The van der Waals surface area contributed by atoms with E-state index < -0.39 is 0 Å². The highest BCUT2D eigenvalue weighted by molar-refractivity contribution is 7.15. The average Bonchev–Trinajstić information content (AvgIpc) is 3.16. The van der Waals surface area contributed by atoms with Crippen LogP contribution in [0.4, 0.5) is 5.69 Å². The lowest BCUT2D eigenvalue weighted by molar-refractivity contribution is 0.403. The molecule has 0 fully saturated rings. The minimum atomic E-state index is 0.318. The molecule has 1 N–H and O–H groups in total. The Kier molecular flexibility index (Phi) is 5.39. The van der Waals surface area contributed by atoms with Gasteiger partial charge < -0.3 is 10.2 Å². The number of nitrogens with one attached hydrogen (secondary N) is 1. The first-order valence-corrected chi connectivity index (χ1v) is 9.87. The molecule has 24 heavy (non-hydrogen) atoms. The summed E-state index contributed by atoms with van der Waals surface area (Å²) < 4.78 is 0. The Labute approximate surface area is 152 Å². The van der Waals surface area contributed by atoms with Crippen molar-refractivity contribution in [2.75, 3.05) is 19.4 Å². The third-order valence-electron chi connectivity index (χ3n) is 3.94. The number of hydrogen-bond acceptors (Lipinski definition) is 4. The van der Waals surface area contributed by atoms with Gasteiger partial charge in [0.2, 0.25) is 0 Å². The van der Waals surface area contributed by atoms with Gasteiger partial charge in [-0.05, 0) is 57.3 Å². The second-order valence-electron chi connectivity index (χ2n) is 6.41. The van der Waals surface area contributed by atoms with E-state index in [1.165, 1.54) is 31.4 Å². The van der Waals surface area contributed by atoms with Crippen LogP contribution in [-0.4, -0.2) is 19.0 Å². The molecule has 0 spiro atoms. The van der Waals surface area contributed by atoms with Gasteiger partial charge in [0.1, 0.15) is 0 Å². The van der Waals surface area contributed by atoms with Gasteiger partial charge in [0.25, 0.3) is 0 Å². The van der Waals surface area contributed by atoms with Gasteiger partial charge in [-0.3, -0.25) is 0 Å². The van der Waals surface area contributed by atoms with Crippen molar-refractivity contribution in [3.63, 3.8) is 0 Å². The Balaban J connectivity index is 1.80. The Hall–Kier alpha value is -1.62. The number of anilines is 1. The number of thiophene rings is 2. The smallest absolute Gasteiger partial charge is 0.0578 e. The van der Waals surface area contributed by atoms with Crippen LogP contribution >= 0.6 is 22.7 Å². The van der Waals surface area contributed by atoms with Gasteiger partial charge in [-0.2, -0.15) is 0 Å². The van der Waals surface area contributed by atoms with E-state index in [1.54, 1.807) is 11.3 Å². The molecule has 3 rings (SSSR count). The van der Waals surface area contributed by atoms with Crippen molar-refractivity contribution < 1.29 is 0 Å². The molecule has 2 nitrogen and oxygen atoms in total. The molecule has 0 aliphatic rings. The van der Waals surface area contributed by atoms with E-state index in [0.717, 1.165) is 6.54 Å². The van der Waals surface area contributed by atoms with Crippen LogP contribution in [0.5, 0.6) is 0 Å². The fourth-order valence-corrected chi connectivity index (χ4v) is 4.52. The fraction of sp³-hybridized carbons (Fsp3) is 0.300. The van der Waals surface area contributed by atoms with Crippen molar-refractivity contribution in [2.24, 2.45) is 0 Å². The maximum absolute atomic E-state index is 3.60. The van der Waals surface area contributed by atoms with Crippen LogP contribution in [0.15, 0.2) is 47.8 Å². The van der Waals surface area contributed by atoms with E-state index >= 15 is 0 Å². The Bertz CT molecular complexity index is 801. The van der Waals surface area contributed by atoms with Gasteiger partial charge in [0.15, 0.2) is 0 Å². The monoisotopic (exact) mass is 356 g/mol. The predicted molar refractivity (Wildman–Crippen MR) is 108 cm³/mol. The Morgan fingerprint density at radius 1 is 1.12 bits per heavy atom. The first-order valence-electron chi connectivity index (χ1n) is 8.17. The summed E-state index contributed by atoms with van der Waals surface area (Å²) in [5, 5.41) is 5.79. The highest BCUT2D eigenvalue weighted by atomic mass is 32.1. The van der Waals surface area contributed by atoms with Crippen molar-refractivity contribution in [1.82, 2.24) is 4.90 Å². The van der Waals surface area contributed by atoms with Gasteiger partial charge in [0.05, 0.1) is 6.04 Å². The largest absolute Gasteiger partial charge is 0.377 e. The minimum Gasteiger partial charge on any atom is -0.377 e. The number of nitrogens with zero attached hydrogens (tertiary/aromatic N) is 1. The summed E-state index contributed by atoms with van der Waals surface area (Å²) in [7, 11) is 4.23. The lowest BCUT2D eigenvalue weighted by atomic mass is 10.1. The molecule has 2 aromatic heterocycles. The van der Waals surface area contributed by atoms with E-state index in [1.807, 2.05) is 11.3 Å². The Morgan fingerprint density at radius 3 is 2.62 bits per heavy atom. The van der Waals surface area contributed by atoms with Crippen molar-refractivity contribution in [2.45, 2.75) is 26.4 Å². The minimum absolute atomic E-state index is 0.318. The zero-order valence-electron chi connectivity index (χ0n) is 14.7. The van der Waals surface area contributed by atoms with Gasteiger partial charge in [-0.25, -0.2) is 0 Å². The summed E-state index contributed by atoms with van der Waals surface area (Å²) in [6, 6.07) is 15.7. The van der Waals surface area contributed by atoms with Crippen LogP contribution in [0, 0.1) is 6.92 Å². The van der Waals surface area contributed by atoms with Crippen molar-refractivity contribution in [1.29, 1.82) is 0 Å². The van der Waals surface area contributed by atoms with Crippen molar-refractivity contribution >= 4 is 28.4 Å². The second-order valence-corrected chi connectivity index (χ2v) is 8.64. The van der Waals surface area contributed by atoms with E-state index in [4.69, 9.17) is 0 Å². The van der Waals surface area contributed by atoms with Gasteiger partial charge in [0, 0.05) is 32.2 Å². The van der Waals surface area contributed by atoms with E-state index in [9.17, 15) is 0 Å². The highest BCUT2D eigenvalue weighted by Gasteiger charge is 2.12. The quantitative estimate of drug-likeness (QED) is 0.581. The number of aryl methyl sites for hydroxylation is 1. The molecular formula is C20H24N2S2. The third kappa shape index (κ3) is 4.07. The molecule has 126 valence electrons. The maximum atomic E-state index is 3.60. The lowest BCUT2D eigenvalue weighted by Crippen LogP contribution is -2.11. The summed E-state index contributed by atoms with van der Waals surface area (Å²) in [6.07, 6.45) is 0. The molecule has 1 unspecified atom stereocenters. The first kappa shape index (κ1) is 17.2. The molecule has 1 atom stereocenters. The number of rotatable bonds is 6. The van der Waals surface area contributed by atoms with Gasteiger partial charge >= 0.3 is 0 Å². The van der Waals surface area contributed by atoms with Crippen molar-refractivity contribution in [3.8, 4) is 10.4 Å². The van der Waals surface area contributed by atoms with Crippen LogP contribution in [0.2, 0.25) is 0 Å².